The van der Waals surface area contributed by atoms with E-state index in [1.54, 1.807) is 17.0 Å². The monoisotopic (exact) mass is 490 g/mol. The third-order valence-electron chi connectivity index (χ3n) is 6.01. The van der Waals surface area contributed by atoms with Crippen molar-refractivity contribution < 1.29 is 14.3 Å². The highest BCUT2D eigenvalue weighted by atomic mass is 35.5. The molecule has 3 aromatic rings. The molecule has 0 saturated carbocycles. The molecule has 1 fully saturated rings. The fraction of sp³-hybridized carbons (Fsp3) is 0.310. The third kappa shape index (κ3) is 6.43. The lowest BCUT2D eigenvalue weighted by molar-refractivity contribution is 0.0199. The zero-order valence-corrected chi connectivity index (χ0v) is 21.1. The average Bonchev–Trinajstić information content (AvgIpc) is 2.84. The summed E-state index contributed by atoms with van der Waals surface area (Å²) in [6.45, 7) is 6.68. The zero-order valence-electron chi connectivity index (χ0n) is 20.4. The number of amides is 2. The normalized spacial score (nSPS) is 14.5. The lowest BCUT2D eigenvalue weighted by atomic mass is 9.98. The minimum atomic E-state index is -0.518. The number of rotatable bonds is 4. The first-order valence-corrected chi connectivity index (χ1v) is 12.3. The quantitative estimate of drug-likeness (QED) is 0.437. The van der Waals surface area contributed by atoms with Gasteiger partial charge in [-0.05, 0) is 68.5 Å². The van der Waals surface area contributed by atoms with Gasteiger partial charge in [0.15, 0.2) is 0 Å². The number of hydrogen-bond acceptors (Lipinski definition) is 3. The second-order valence-corrected chi connectivity index (χ2v) is 10.3. The molecule has 1 heterocycles. The van der Waals surface area contributed by atoms with Crippen LogP contribution in [0.25, 0.3) is 22.3 Å². The number of halogens is 1. The molecule has 1 aliphatic heterocycles. The Bertz CT molecular complexity index is 1180. The number of carbonyl (C=O) groups is 2. The van der Waals surface area contributed by atoms with Gasteiger partial charge in [-0.3, -0.25) is 4.79 Å². The summed E-state index contributed by atoms with van der Waals surface area (Å²) in [4.78, 5) is 27.0. The molecule has 0 bridgehead atoms. The predicted molar refractivity (Wildman–Crippen MR) is 141 cm³/mol. The molecule has 0 radical (unpaired) electrons. The van der Waals surface area contributed by atoms with Crippen LogP contribution in [0, 0.1) is 0 Å². The van der Waals surface area contributed by atoms with E-state index in [1.807, 2.05) is 57.2 Å². The number of nitrogens with one attached hydrogen (secondary N) is 1. The maximum absolute atomic E-state index is 13.0. The SMILES string of the molecule is CC(C)(C)OC(=O)N1CCC(NC(=O)c2ccc(Cl)c(-c3ccc(-c4ccccc4)cc3)c2)CC1. The van der Waals surface area contributed by atoms with Gasteiger partial charge in [-0.2, -0.15) is 0 Å². The highest BCUT2D eigenvalue weighted by Gasteiger charge is 2.27. The molecule has 0 atom stereocenters. The Hall–Kier alpha value is -3.31. The van der Waals surface area contributed by atoms with Crippen molar-refractivity contribution in [2.45, 2.75) is 45.3 Å². The first kappa shape index (κ1) is 24.8. The molecule has 2 amide bonds. The van der Waals surface area contributed by atoms with Crippen molar-refractivity contribution in [3.8, 4) is 22.3 Å². The standard InChI is InChI=1S/C29H31ClN2O3/c1-29(2,3)35-28(34)32-17-15-24(16-18-32)31-27(33)23-13-14-26(30)25(19-23)22-11-9-21(10-12-22)20-7-5-4-6-8-20/h4-14,19,24H,15-18H2,1-3H3,(H,31,33). The molecular formula is C29H31ClN2O3. The Labute approximate surface area is 212 Å². The number of piperidine rings is 1. The van der Waals surface area contributed by atoms with Gasteiger partial charge in [0.05, 0.1) is 0 Å². The number of ether oxygens (including phenoxy) is 1. The van der Waals surface area contributed by atoms with Gasteiger partial charge in [0, 0.05) is 35.3 Å². The van der Waals surface area contributed by atoms with Crippen molar-refractivity contribution in [2.24, 2.45) is 0 Å². The van der Waals surface area contributed by atoms with Crippen LogP contribution in [-0.4, -0.2) is 41.6 Å². The molecule has 0 spiro atoms. The summed E-state index contributed by atoms with van der Waals surface area (Å²) in [5.41, 5.74) is 4.09. The van der Waals surface area contributed by atoms with E-state index in [9.17, 15) is 9.59 Å². The Balaban J connectivity index is 1.40. The average molecular weight is 491 g/mol. The second-order valence-electron chi connectivity index (χ2n) is 9.85. The van der Waals surface area contributed by atoms with E-state index >= 15 is 0 Å². The lowest BCUT2D eigenvalue weighted by Gasteiger charge is -2.33. The number of nitrogens with zero attached hydrogens (tertiary/aromatic N) is 1. The molecule has 0 unspecified atom stereocenters. The van der Waals surface area contributed by atoms with Crippen LogP contribution < -0.4 is 5.32 Å². The summed E-state index contributed by atoms with van der Waals surface area (Å²) in [6, 6.07) is 23.7. The van der Waals surface area contributed by atoms with Crippen molar-refractivity contribution >= 4 is 23.6 Å². The van der Waals surface area contributed by atoms with Gasteiger partial charge >= 0.3 is 6.09 Å². The number of benzene rings is 3. The fourth-order valence-electron chi connectivity index (χ4n) is 4.16. The smallest absolute Gasteiger partial charge is 0.410 e. The van der Waals surface area contributed by atoms with Gasteiger partial charge < -0.3 is 15.0 Å². The van der Waals surface area contributed by atoms with Crippen LogP contribution in [0.1, 0.15) is 44.0 Å². The molecule has 182 valence electrons. The summed E-state index contributed by atoms with van der Waals surface area (Å²) >= 11 is 6.49. The van der Waals surface area contributed by atoms with E-state index in [0.29, 0.717) is 36.5 Å². The van der Waals surface area contributed by atoms with Crippen LogP contribution >= 0.6 is 11.6 Å². The van der Waals surface area contributed by atoms with Crippen molar-refractivity contribution in [2.75, 3.05) is 13.1 Å². The minimum Gasteiger partial charge on any atom is -0.444 e. The molecule has 1 N–H and O–H groups in total. The summed E-state index contributed by atoms with van der Waals surface area (Å²) in [7, 11) is 0. The molecule has 1 aliphatic rings. The lowest BCUT2D eigenvalue weighted by Crippen LogP contribution is -2.47. The summed E-state index contributed by atoms with van der Waals surface area (Å²) in [5, 5.41) is 3.71. The highest BCUT2D eigenvalue weighted by molar-refractivity contribution is 6.33. The van der Waals surface area contributed by atoms with Crippen LogP contribution in [0.2, 0.25) is 5.02 Å². The number of likely N-dealkylation sites (tertiary alicyclic amines) is 1. The molecule has 5 nitrogen and oxygen atoms in total. The van der Waals surface area contributed by atoms with Gasteiger partial charge in [-0.25, -0.2) is 4.79 Å². The van der Waals surface area contributed by atoms with Crippen LogP contribution in [0.3, 0.4) is 0 Å². The maximum Gasteiger partial charge on any atom is 0.410 e. The number of hydrogen-bond donors (Lipinski definition) is 1. The second kappa shape index (κ2) is 10.5. The van der Waals surface area contributed by atoms with Gasteiger partial charge in [0.2, 0.25) is 0 Å². The van der Waals surface area contributed by atoms with Crippen molar-refractivity contribution in [1.82, 2.24) is 10.2 Å². The van der Waals surface area contributed by atoms with Gasteiger partial charge in [-0.1, -0.05) is 66.2 Å². The van der Waals surface area contributed by atoms with E-state index in [-0.39, 0.29) is 18.0 Å². The fourth-order valence-corrected chi connectivity index (χ4v) is 4.39. The summed E-state index contributed by atoms with van der Waals surface area (Å²) < 4.78 is 5.45. The number of carbonyl (C=O) groups excluding carboxylic acids is 2. The summed E-state index contributed by atoms with van der Waals surface area (Å²) in [6.07, 6.45) is 1.07. The molecule has 4 rings (SSSR count). The summed E-state index contributed by atoms with van der Waals surface area (Å²) in [5.74, 6) is -0.139. The largest absolute Gasteiger partial charge is 0.444 e. The van der Waals surface area contributed by atoms with Crippen LogP contribution in [-0.2, 0) is 4.74 Å². The van der Waals surface area contributed by atoms with E-state index in [4.69, 9.17) is 16.3 Å². The molecule has 3 aromatic carbocycles. The Morgan fingerprint density at radius 3 is 2.11 bits per heavy atom. The van der Waals surface area contributed by atoms with Crippen molar-refractivity contribution in [3.63, 3.8) is 0 Å². The topological polar surface area (TPSA) is 58.6 Å². The first-order valence-electron chi connectivity index (χ1n) is 11.9. The Morgan fingerprint density at radius 2 is 1.49 bits per heavy atom. The van der Waals surface area contributed by atoms with E-state index in [0.717, 1.165) is 22.3 Å². The van der Waals surface area contributed by atoms with Gasteiger partial charge in [0.25, 0.3) is 5.91 Å². The third-order valence-corrected chi connectivity index (χ3v) is 6.34. The molecule has 6 heteroatoms. The van der Waals surface area contributed by atoms with Gasteiger partial charge in [0.1, 0.15) is 5.60 Å². The molecule has 0 aliphatic carbocycles. The molecule has 1 saturated heterocycles. The van der Waals surface area contributed by atoms with Gasteiger partial charge in [-0.15, -0.1) is 0 Å². The predicted octanol–water partition coefficient (Wildman–Crippen LogP) is 6.80. The van der Waals surface area contributed by atoms with Crippen LogP contribution in [0.15, 0.2) is 72.8 Å². The molecular weight excluding hydrogens is 460 g/mol. The Morgan fingerprint density at radius 1 is 0.886 bits per heavy atom. The van der Waals surface area contributed by atoms with Crippen LogP contribution in [0.4, 0.5) is 4.79 Å². The Kier molecular flexibility index (Phi) is 7.46. The molecule has 0 aromatic heterocycles. The highest BCUT2D eigenvalue weighted by Crippen LogP contribution is 2.31. The van der Waals surface area contributed by atoms with E-state index < -0.39 is 5.60 Å². The molecule has 35 heavy (non-hydrogen) atoms. The minimum absolute atomic E-state index is 0.00507. The van der Waals surface area contributed by atoms with E-state index in [1.165, 1.54) is 0 Å². The van der Waals surface area contributed by atoms with Crippen LogP contribution in [0.5, 0.6) is 0 Å². The van der Waals surface area contributed by atoms with Crippen molar-refractivity contribution in [3.05, 3.63) is 83.4 Å². The zero-order chi connectivity index (χ0) is 25.0. The van der Waals surface area contributed by atoms with Crippen molar-refractivity contribution in [1.29, 1.82) is 0 Å². The van der Waals surface area contributed by atoms with E-state index in [2.05, 4.69) is 29.6 Å². The maximum atomic E-state index is 13.0. The first-order chi connectivity index (χ1) is 16.7.